The fourth-order valence-corrected chi connectivity index (χ4v) is 2.59. The van der Waals surface area contributed by atoms with Crippen molar-refractivity contribution in [3.8, 4) is 5.75 Å². The third-order valence-electron chi connectivity index (χ3n) is 4.19. The molecule has 0 aliphatic heterocycles. The van der Waals surface area contributed by atoms with Gasteiger partial charge in [0, 0.05) is 25.8 Å². The number of urea groups is 1. The lowest BCUT2D eigenvalue weighted by Gasteiger charge is -2.06. The molecule has 0 unspecified atom stereocenters. The lowest BCUT2D eigenvalue weighted by atomic mass is 10.2. The smallest absolute Gasteiger partial charge is 0.314 e. The number of hydrogen-bond acceptors (Lipinski definition) is 4. The largest absolute Gasteiger partial charge is 0.508 e. The number of aryl methyl sites for hydroxylation is 1. The Bertz CT molecular complexity index is 845. The van der Waals surface area contributed by atoms with Crippen LogP contribution in [-0.2, 0) is 12.8 Å². The van der Waals surface area contributed by atoms with Gasteiger partial charge in [-0.25, -0.2) is 9.31 Å². The van der Waals surface area contributed by atoms with E-state index in [9.17, 15) is 4.79 Å². The predicted molar refractivity (Wildman–Crippen MR) is 112 cm³/mol. The van der Waals surface area contributed by atoms with Crippen LogP contribution in [0.5, 0.6) is 5.75 Å². The highest BCUT2D eigenvalue weighted by Crippen LogP contribution is 2.10. The van der Waals surface area contributed by atoms with Crippen LogP contribution in [0.1, 0.15) is 18.1 Å². The zero-order chi connectivity index (χ0) is 20.2. The van der Waals surface area contributed by atoms with E-state index in [1.165, 1.54) is 5.56 Å². The van der Waals surface area contributed by atoms with Crippen LogP contribution in [0.3, 0.4) is 0 Å². The Hall–Kier alpha value is -3.06. The lowest BCUT2D eigenvalue weighted by Crippen LogP contribution is -2.39. The molecule has 3 rings (SSSR count). The number of likely N-dealkylation sites (N-methyl/N-ethyl adjacent to an activating group) is 1. The summed E-state index contributed by atoms with van der Waals surface area (Å²) in [6.45, 7) is 4.08. The second-order valence-corrected chi connectivity index (χ2v) is 6.26. The molecule has 0 saturated carbocycles. The summed E-state index contributed by atoms with van der Waals surface area (Å²) in [5.41, 5.74) is 3.48. The van der Waals surface area contributed by atoms with E-state index in [2.05, 4.69) is 28.0 Å². The molecule has 28 heavy (non-hydrogen) atoms. The van der Waals surface area contributed by atoms with Gasteiger partial charge in [0.05, 0.1) is 11.7 Å². The molecule has 7 heteroatoms. The molecular formula is C21H29N5O2. The number of aromatic hydroxyl groups is 1. The number of phenols is 1. The monoisotopic (exact) mass is 383 g/mol. The normalized spacial score (nSPS) is 10.2. The average Bonchev–Trinajstić information content (AvgIpc) is 3.13. The zero-order valence-corrected chi connectivity index (χ0v) is 16.5. The lowest BCUT2D eigenvalue weighted by molar-refractivity contribution is 0.241. The number of fused-ring (bicyclic) bond motifs is 1. The van der Waals surface area contributed by atoms with E-state index >= 15 is 0 Å². The van der Waals surface area contributed by atoms with Gasteiger partial charge in [0.1, 0.15) is 5.75 Å². The molecule has 2 amide bonds. The molecule has 150 valence electrons. The van der Waals surface area contributed by atoms with Crippen LogP contribution in [-0.4, -0.2) is 47.4 Å². The van der Waals surface area contributed by atoms with Crippen molar-refractivity contribution in [2.45, 2.75) is 19.8 Å². The van der Waals surface area contributed by atoms with Crippen LogP contribution in [0.15, 0.2) is 54.9 Å². The zero-order valence-electron chi connectivity index (χ0n) is 16.5. The number of amides is 2. The van der Waals surface area contributed by atoms with E-state index in [1.54, 1.807) is 12.1 Å². The second-order valence-electron chi connectivity index (χ2n) is 6.26. The van der Waals surface area contributed by atoms with E-state index in [4.69, 9.17) is 5.11 Å². The SMILES string of the molecule is CCc1ccc(O)cc1.CNCCNC(=O)NCCc1cnn2ccccc12. The molecule has 1 aromatic carbocycles. The molecule has 7 nitrogen and oxygen atoms in total. The van der Waals surface area contributed by atoms with Gasteiger partial charge < -0.3 is 21.1 Å². The third-order valence-corrected chi connectivity index (χ3v) is 4.19. The minimum Gasteiger partial charge on any atom is -0.508 e. The maximum atomic E-state index is 11.4. The number of carbonyl (C=O) groups excluding carboxylic acids is 1. The first-order valence-electron chi connectivity index (χ1n) is 9.49. The van der Waals surface area contributed by atoms with Gasteiger partial charge in [-0.2, -0.15) is 5.10 Å². The summed E-state index contributed by atoms with van der Waals surface area (Å²) < 4.78 is 1.84. The van der Waals surface area contributed by atoms with Crippen molar-refractivity contribution in [3.05, 3.63) is 66.0 Å². The number of phenolic OH excluding ortho intramolecular Hbond substituents is 1. The quantitative estimate of drug-likeness (QED) is 0.472. The first-order valence-corrected chi connectivity index (χ1v) is 9.49. The summed E-state index contributed by atoms with van der Waals surface area (Å²) in [6.07, 6.45) is 5.56. The molecule has 2 aromatic heterocycles. The Morgan fingerprint density at radius 2 is 1.82 bits per heavy atom. The van der Waals surface area contributed by atoms with E-state index in [0.717, 1.165) is 30.5 Å². The molecule has 0 atom stereocenters. The topological polar surface area (TPSA) is 90.7 Å². The number of benzene rings is 1. The predicted octanol–water partition coefficient (Wildman–Crippen LogP) is 2.35. The van der Waals surface area contributed by atoms with Crippen LogP contribution >= 0.6 is 0 Å². The molecule has 0 radical (unpaired) electrons. The fourth-order valence-electron chi connectivity index (χ4n) is 2.59. The van der Waals surface area contributed by atoms with Crippen molar-refractivity contribution >= 4 is 11.5 Å². The van der Waals surface area contributed by atoms with E-state index in [-0.39, 0.29) is 6.03 Å². The number of nitrogens with one attached hydrogen (secondary N) is 3. The Morgan fingerprint density at radius 3 is 2.54 bits per heavy atom. The summed E-state index contributed by atoms with van der Waals surface area (Å²) >= 11 is 0. The number of aromatic nitrogens is 2. The first-order chi connectivity index (χ1) is 13.6. The van der Waals surface area contributed by atoms with Crippen molar-refractivity contribution < 1.29 is 9.90 Å². The maximum Gasteiger partial charge on any atom is 0.314 e. The second kappa shape index (κ2) is 11.6. The standard InChI is InChI=1S/C13H19N5O.C8H10O/c1-14-7-8-16-13(19)15-6-5-11-10-17-18-9-3-2-4-12(11)18;1-2-7-3-5-8(9)6-4-7/h2-4,9-10,14H,5-8H2,1H3,(H2,15,16,19);3-6,9H,2H2,1H3. The van der Waals surface area contributed by atoms with Crippen LogP contribution in [0.25, 0.3) is 5.52 Å². The van der Waals surface area contributed by atoms with E-state index < -0.39 is 0 Å². The Kier molecular flexibility index (Phi) is 8.81. The molecule has 2 heterocycles. The molecule has 0 fully saturated rings. The van der Waals surface area contributed by atoms with Gasteiger partial charge in [0.15, 0.2) is 0 Å². The molecule has 3 aromatic rings. The third kappa shape index (κ3) is 6.92. The summed E-state index contributed by atoms with van der Waals surface area (Å²) in [5, 5.41) is 21.7. The number of hydrogen-bond donors (Lipinski definition) is 4. The van der Waals surface area contributed by atoms with Crippen LogP contribution in [0.4, 0.5) is 4.79 Å². The highest BCUT2D eigenvalue weighted by atomic mass is 16.3. The summed E-state index contributed by atoms with van der Waals surface area (Å²) in [6, 6.07) is 13.1. The van der Waals surface area contributed by atoms with Gasteiger partial charge in [-0.05, 0) is 55.3 Å². The minimum absolute atomic E-state index is 0.133. The van der Waals surface area contributed by atoms with E-state index in [0.29, 0.717) is 18.8 Å². The van der Waals surface area contributed by atoms with Crippen molar-refractivity contribution in [1.29, 1.82) is 0 Å². The minimum atomic E-state index is -0.133. The van der Waals surface area contributed by atoms with Crippen molar-refractivity contribution in [2.75, 3.05) is 26.7 Å². The first kappa shape index (κ1) is 21.2. The van der Waals surface area contributed by atoms with Gasteiger partial charge in [0.2, 0.25) is 0 Å². The summed E-state index contributed by atoms with van der Waals surface area (Å²) in [4.78, 5) is 11.4. The number of nitrogens with zero attached hydrogens (tertiary/aromatic N) is 2. The van der Waals surface area contributed by atoms with Crippen molar-refractivity contribution in [1.82, 2.24) is 25.6 Å². The Balaban J connectivity index is 0.000000261. The van der Waals surface area contributed by atoms with Crippen molar-refractivity contribution in [3.63, 3.8) is 0 Å². The maximum absolute atomic E-state index is 11.4. The van der Waals surface area contributed by atoms with Gasteiger partial charge in [0.25, 0.3) is 0 Å². The Morgan fingerprint density at radius 1 is 1.07 bits per heavy atom. The van der Waals surface area contributed by atoms with Crippen LogP contribution < -0.4 is 16.0 Å². The number of rotatable bonds is 7. The number of pyridine rings is 1. The molecular weight excluding hydrogens is 354 g/mol. The van der Waals surface area contributed by atoms with Gasteiger partial charge in [-0.3, -0.25) is 0 Å². The van der Waals surface area contributed by atoms with Gasteiger partial charge in [-0.15, -0.1) is 0 Å². The highest BCUT2D eigenvalue weighted by molar-refractivity contribution is 5.73. The van der Waals surface area contributed by atoms with E-state index in [1.807, 2.05) is 54.3 Å². The molecule has 0 bridgehead atoms. The number of carbonyl (C=O) groups is 1. The molecule has 0 spiro atoms. The van der Waals surface area contributed by atoms with Gasteiger partial charge in [-0.1, -0.05) is 25.1 Å². The average molecular weight is 383 g/mol. The summed E-state index contributed by atoms with van der Waals surface area (Å²) in [7, 11) is 1.85. The fraction of sp³-hybridized carbons (Fsp3) is 0.333. The van der Waals surface area contributed by atoms with Crippen LogP contribution in [0.2, 0.25) is 0 Å². The van der Waals surface area contributed by atoms with Gasteiger partial charge >= 0.3 is 6.03 Å². The summed E-state index contributed by atoms with van der Waals surface area (Å²) in [5.74, 6) is 0.340. The molecule has 0 aliphatic rings. The molecule has 0 aliphatic carbocycles. The van der Waals surface area contributed by atoms with Crippen LogP contribution in [0, 0.1) is 0 Å². The highest BCUT2D eigenvalue weighted by Gasteiger charge is 2.04. The molecule has 0 saturated heterocycles. The Labute approximate surface area is 165 Å². The van der Waals surface area contributed by atoms with Crippen molar-refractivity contribution in [2.24, 2.45) is 0 Å². The molecule has 4 N–H and O–H groups in total.